The van der Waals surface area contributed by atoms with Gasteiger partial charge in [-0.3, -0.25) is 19.6 Å². The molecule has 132 valence electrons. The largest absolute Gasteiger partial charge is 0.468 e. The lowest BCUT2D eigenvalue weighted by atomic mass is 9.78. The summed E-state index contributed by atoms with van der Waals surface area (Å²) in [5.41, 5.74) is 0.230. The highest BCUT2D eigenvalue weighted by Crippen LogP contribution is 2.33. The molecular weight excluding hydrogens is 320 g/mol. The Labute approximate surface area is 147 Å². The Hall–Kier alpha value is -2.76. The third-order valence-electron chi connectivity index (χ3n) is 4.22. The van der Waals surface area contributed by atoms with Crippen molar-refractivity contribution in [3.63, 3.8) is 0 Å². The van der Waals surface area contributed by atoms with Gasteiger partial charge in [0.05, 0.1) is 14.2 Å². The van der Waals surface area contributed by atoms with Crippen LogP contribution in [0.15, 0.2) is 48.8 Å². The summed E-state index contributed by atoms with van der Waals surface area (Å²) >= 11 is 0. The van der Waals surface area contributed by atoms with Crippen molar-refractivity contribution in [1.29, 1.82) is 0 Å². The normalized spacial score (nSPS) is 11.0. The van der Waals surface area contributed by atoms with E-state index in [9.17, 15) is 9.59 Å². The summed E-state index contributed by atoms with van der Waals surface area (Å²) in [6.07, 6.45) is 4.81. The molecule has 0 radical (unpaired) electrons. The molecule has 2 aromatic heterocycles. The molecule has 25 heavy (non-hydrogen) atoms. The highest BCUT2D eigenvalue weighted by Gasteiger charge is 2.47. The zero-order valence-electron chi connectivity index (χ0n) is 14.5. The van der Waals surface area contributed by atoms with Crippen molar-refractivity contribution in [2.75, 3.05) is 14.2 Å². The number of hydrogen-bond donors (Lipinski definition) is 0. The zero-order valence-corrected chi connectivity index (χ0v) is 14.5. The molecule has 6 nitrogen and oxygen atoms in total. The second-order valence-electron chi connectivity index (χ2n) is 5.71. The summed E-state index contributed by atoms with van der Waals surface area (Å²) in [5.74, 6) is -1.18. The van der Waals surface area contributed by atoms with Gasteiger partial charge in [0.15, 0.2) is 5.41 Å². The quantitative estimate of drug-likeness (QED) is 0.541. The molecule has 0 aliphatic heterocycles. The summed E-state index contributed by atoms with van der Waals surface area (Å²) < 4.78 is 9.87. The van der Waals surface area contributed by atoms with Crippen LogP contribution in [0.5, 0.6) is 0 Å². The number of methoxy groups -OCH3 is 2. The van der Waals surface area contributed by atoms with E-state index in [4.69, 9.17) is 9.47 Å². The van der Waals surface area contributed by atoms with Crippen molar-refractivity contribution in [1.82, 2.24) is 9.97 Å². The summed E-state index contributed by atoms with van der Waals surface area (Å²) in [6.45, 7) is 0. The van der Waals surface area contributed by atoms with E-state index in [0.717, 1.165) is 11.4 Å². The minimum Gasteiger partial charge on any atom is -0.468 e. The molecule has 0 fully saturated rings. The van der Waals surface area contributed by atoms with Crippen LogP contribution in [0.1, 0.15) is 24.2 Å². The SMILES string of the molecule is COC(=O)C(CCc1ccccn1)(CCc1ccccn1)C(=O)OC. The van der Waals surface area contributed by atoms with Gasteiger partial charge in [-0.1, -0.05) is 12.1 Å². The third-order valence-corrected chi connectivity index (χ3v) is 4.22. The maximum Gasteiger partial charge on any atom is 0.323 e. The summed E-state index contributed by atoms with van der Waals surface area (Å²) in [5, 5.41) is 0. The smallest absolute Gasteiger partial charge is 0.323 e. The molecule has 0 bridgehead atoms. The number of hydrogen-bond acceptors (Lipinski definition) is 6. The molecule has 2 heterocycles. The van der Waals surface area contributed by atoms with E-state index < -0.39 is 17.4 Å². The van der Waals surface area contributed by atoms with Crippen molar-refractivity contribution in [3.8, 4) is 0 Å². The molecule has 0 saturated heterocycles. The first-order valence-corrected chi connectivity index (χ1v) is 8.09. The van der Waals surface area contributed by atoms with Gasteiger partial charge in [0.1, 0.15) is 0 Å². The zero-order chi connectivity index (χ0) is 18.1. The maximum atomic E-state index is 12.5. The van der Waals surface area contributed by atoms with Crippen molar-refractivity contribution in [2.24, 2.45) is 5.41 Å². The van der Waals surface area contributed by atoms with E-state index in [1.54, 1.807) is 12.4 Å². The van der Waals surface area contributed by atoms with Gasteiger partial charge in [0.2, 0.25) is 0 Å². The first-order valence-electron chi connectivity index (χ1n) is 8.09. The first kappa shape index (κ1) is 18.6. The number of rotatable bonds is 8. The molecule has 0 atom stereocenters. The predicted molar refractivity (Wildman–Crippen MR) is 91.6 cm³/mol. The van der Waals surface area contributed by atoms with Gasteiger partial charge in [-0.05, 0) is 49.9 Å². The second-order valence-corrected chi connectivity index (χ2v) is 5.71. The van der Waals surface area contributed by atoms with E-state index >= 15 is 0 Å². The Morgan fingerprint density at radius 3 is 1.60 bits per heavy atom. The molecule has 0 aromatic carbocycles. The van der Waals surface area contributed by atoms with Crippen LogP contribution in [0.4, 0.5) is 0 Å². The number of aryl methyl sites for hydroxylation is 2. The van der Waals surface area contributed by atoms with Crippen LogP contribution in [0, 0.1) is 5.41 Å². The number of carbonyl (C=O) groups excluding carboxylic acids is 2. The fourth-order valence-electron chi connectivity index (χ4n) is 2.78. The lowest BCUT2D eigenvalue weighted by molar-refractivity contribution is -0.170. The third kappa shape index (κ3) is 4.62. The van der Waals surface area contributed by atoms with Crippen LogP contribution in [0.3, 0.4) is 0 Å². The Kier molecular flexibility index (Phi) is 6.62. The van der Waals surface area contributed by atoms with Crippen LogP contribution in [0.25, 0.3) is 0 Å². The van der Waals surface area contributed by atoms with Crippen LogP contribution in [0.2, 0.25) is 0 Å². The number of pyridine rings is 2. The fourth-order valence-corrected chi connectivity index (χ4v) is 2.78. The number of aromatic nitrogens is 2. The fraction of sp³-hybridized carbons (Fsp3) is 0.368. The van der Waals surface area contributed by atoms with Gasteiger partial charge < -0.3 is 9.47 Å². The highest BCUT2D eigenvalue weighted by atomic mass is 16.5. The minimum atomic E-state index is -1.38. The van der Waals surface area contributed by atoms with Crippen LogP contribution in [-0.2, 0) is 31.9 Å². The first-order chi connectivity index (χ1) is 12.1. The lowest BCUT2D eigenvalue weighted by Gasteiger charge is -2.28. The van der Waals surface area contributed by atoms with Crippen molar-refractivity contribution >= 4 is 11.9 Å². The van der Waals surface area contributed by atoms with Gasteiger partial charge in [-0.15, -0.1) is 0 Å². The summed E-state index contributed by atoms with van der Waals surface area (Å²) in [6, 6.07) is 11.1. The van der Waals surface area contributed by atoms with Crippen molar-refractivity contribution in [3.05, 3.63) is 60.2 Å². The molecule has 0 aliphatic rings. The van der Waals surface area contributed by atoms with Gasteiger partial charge in [0, 0.05) is 23.8 Å². The Bertz CT molecular complexity index is 628. The van der Waals surface area contributed by atoms with E-state index in [2.05, 4.69) is 9.97 Å². The molecular formula is C19H22N2O4. The molecule has 0 aliphatic carbocycles. The van der Waals surface area contributed by atoms with Crippen LogP contribution in [-0.4, -0.2) is 36.1 Å². The molecule has 0 amide bonds. The number of esters is 2. The molecule has 2 rings (SSSR count). The average molecular weight is 342 g/mol. The molecule has 0 N–H and O–H groups in total. The van der Waals surface area contributed by atoms with E-state index in [1.165, 1.54) is 14.2 Å². The van der Waals surface area contributed by atoms with Gasteiger partial charge in [0.25, 0.3) is 0 Å². The highest BCUT2D eigenvalue weighted by molar-refractivity contribution is 6.00. The maximum absolute atomic E-state index is 12.5. The Morgan fingerprint density at radius 1 is 0.840 bits per heavy atom. The standard InChI is InChI=1S/C19H22N2O4/c1-24-17(22)19(18(23)25-2,11-9-15-7-3-5-13-20-15)12-10-16-8-4-6-14-21-16/h3-8,13-14H,9-12H2,1-2H3. The van der Waals surface area contributed by atoms with E-state index in [1.807, 2.05) is 36.4 Å². The number of carbonyl (C=O) groups is 2. The van der Waals surface area contributed by atoms with Crippen molar-refractivity contribution < 1.29 is 19.1 Å². The summed E-state index contributed by atoms with van der Waals surface area (Å²) in [4.78, 5) is 33.5. The van der Waals surface area contributed by atoms with Crippen LogP contribution >= 0.6 is 0 Å². The van der Waals surface area contributed by atoms with Gasteiger partial charge >= 0.3 is 11.9 Å². The summed E-state index contributed by atoms with van der Waals surface area (Å²) in [7, 11) is 2.56. The second kappa shape index (κ2) is 8.92. The average Bonchev–Trinajstić information content (AvgIpc) is 2.68. The van der Waals surface area contributed by atoms with Crippen LogP contribution < -0.4 is 0 Å². The number of ether oxygens (including phenoxy) is 2. The van der Waals surface area contributed by atoms with E-state index in [-0.39, 0.29) is 12.8 Å². The molecule has 6 heteroatoms. The molecule has 2 aromatic rings. The topological polar surface area (TPSA) is 78.4 Å². The van der Waals surface area contributed by atoms with Gasteiger partial charge in [-0.2, -0.15) is 0 Å². The lowest BCUT2D eigenvalue weighted by Crippen LogP contribution is -2.42. The molecule has 0 unspecified atom stereocenters. The minimum absolute atomic E-state index is 0.260. The van der Waals surface area contributed by atoms with Crippen molar-refractivity contribution in [2.45, 2.75) is 25.7 Å². The Morgan fingerprint density at radius 2 is 1.28 bits per heavy atom. The number of nitrogens with zero attached hydrogens (tertiary/aromatic N) is 2. The Balaban J connectivity index is 2.24. The molecule has 0 spiro atoms. The van der Waals surface area contributed by atoms with E-state index in [0.29, 0.717) is 12.8 Å². The molecule has 0 saturated carbocycles. The van der Waals surface area contributed by atoms with Gasteiger partial charge in [-0.25, -0.2) is 0 Å². The monoisotopic (exact) mass is 342 g/mol. The predicted octanol–water partition coefficient (Wildman–Crippen LogP) is 2.37.